The van der Waals surface area contributed by atoms with Gasteiger partial charge in [0, 0.05) is 5.69 Å². The van der Waals surface area contributed by atoms with Crippen LogP contribution in [-0.2, 0) is 14.4 Å². The molecular weight excluding hydrogens is 368 g/mol. The summed E-state index contributed by atoms with van der Waals surface area (Å²) in [6, 6.07) is 12.4. The molecule has 0 unspecified atom stereocenters. The second-order valence-corrected chi connectivity index (χ2v) is 6.26. The number of carbonyl (C=O) groups excluding carboxylic acids is 2. The van der Waals surface area contributed by atoms with Crippen molar-refractivity contribution in [1.82, 2.24) is 0 Å². The molecule has 0 aromatic heterocycles. The number of nitrogens with one attached hydrogen (secondary N) is 2. The first-order chi connectivity index (χ1) is 12.9. The van der Waals surface area contributed by atoms with Gasteiger partial charge in [-0.3, -0.25) is 9.59 Å². The molecule has 27 heavy (non-hydrogen) atoms. The number of hydrogen-bond acceptors (Lipinski definition) is 4. The number of rotatable bonds is 7. The van der Waals surface area contributed by atoms with E-state index in [0.29, 0.717) is 16.4 Å². The molecule has 2 rings (SSSR count). The van der Waals surface area contributed by atoms with Crippen LogP contribution in [0.4, 0.5) is 11.4 Å². The van der Waals surface area contributed by atoms with Crippen molar-refractivity contribution in [3.8, 4) is 0 Å². The van der Waals surface area contributed by atoms with Gasteiger partial charge in [-0.1, -0.05) is 41.0 Å². The maximum absolute atomic E-state index is 11.9. The van der Waals surface area contributed by atoms with Gasteiger partial charge in [-0.05, 0) is 43.2 Å². The first kappa shape index (κ1) is 20.3. The fourth-order valence-corrected chi connectivity index (χ4v) is 2.38. The van der Waals surface area contributed by atoms with Gasteiger partial charge in [-0.15, -0.1) is 0 Å². The standard InChI is InChI=1S/C19H21ClN4O3/c1-12-6-5-9-15(13(12)2)22-19(26)11-27-24-17(21)10-18(25)23-16-8-4-3-7-14(16)20/h3-9H,10-11H2,1-2H3,(H2,21,24)(H,22,26)(H,23,25). The van der Waals surface area contributed by atoms with Crippen molar-refractivity contribution < 1.29 is 14.4 Å². The van der Waals surface area contributed by atoms with Crippen LogP contribution < -0.4 is 16.4 Å². The van der Waals surface area contributed by atoms with E-state index in [-0.39, 0.29) is 24.8 Å². The Morgan fingerprint density at radius 3 is 2.44 bits per heavy atom. The Hall–Kier alpha value is -3.06. The number of benzene rings is 2. The Bertz CT molecular complexity index is 868. The summed E-state index contributed by atoms with van der Waals surface area (Å²) >= 11 is 5.97. The van der Waals surface area contributed by atoms with Crippen molar-refractivity contribution in [2.75, 3.05) is 17.2 Å². The minimum atomic E-state index is -0.396. The Balaban J connectivity index is 1.79. The molecule has 0 aliphatic carbocycles. The summed E-state index contributed by atoms with van der Waals surface area (Å²) in [6.07, 6.45) is -0.191. The molecule has 4 N–H and O–H groups in total. The molecule has 0 aliphatic rings. The van der Waals surface area contributed by atoms with Crippen LogP contribution in [0.1, 0.15) is 17.5 Å². The quantitative estimate of drug-likeness (QED) is 0.384. The number of hydrogen-bond donors (Lipinski definition) is 3. The number of nitrogens with two attached hydrogens (primary N) is 1. The van der Waals surface area contributed by atoms with E-state index in [4.69, 9.17) is 22.2 Å². The molecule has 0 spiro atoms. The zero-order valence-corrected chi connectivity index (χ0v) is 15.8. The van der Waals surface area contributed by atoms with E-state index in [1.54, 1.807) is 30.3 Å². The number of halogens is 1. The summed E-state index contributed by atoms with van der Waals surface area (Å²) in [5.41, 5.74) is 8.88. The van der Waals surface area contributed by atoms with Crippen LogP contribution in [0.2, 0.25) is 5.02 Å². The van der Waals surface area contributed by atoms with Gasteiger partial charge < -0.3 is 21.2 Å². The van der Waals surface area contributed by atoms with Gasteiger partial charge in [-0.2, -0.15) is 0 Å². The average molecular weight is 389 g/mol. The molecule has 2 aromatic carbocycles. The molecule has 2 amide bonds. The number of aryl methyl sites for hydroxylation is 1. The number of para-hydroxylation sites is 1. The highest BCUT2D eigenvalue weighted by Gasteiger charge is 2.09. The third-order valence-corrected chi connectivity index (χ3v) is 4.08. The van der Waals surface area contributed by atoms with Gasteiger partial charge in [0.15, 0.2) is 6.61 Å². The van der Waals surface area contributed by atoms with Crippen molar-refractivity contribution in [1.29, 1.82) is 0 Å². The summed E-state index contributed by atoms with van der Waals surface area (Å²) in [7, 11) is 0. The Morgan fingerprint density at radius 2 is 1.70 bits per heavy atom. The van der Waals surface area contributed by atoms with E-state index >= 15 is 0 Å². The van der Waals surface area contributed by atoms with Crippen LogP contribution in [0.5, 0.6) is 0 Å². The molecule has 7 nitrogen and oxygen atoms in total. The van der Waals surface area contributed by atoms with Crippen LogP contribution in [0.25, 0.3) is 0 Å². The average Bonchev–Trinajstić information content (AvgIpc) is 2.61. The Morgan fingerprint density at radius 1 is 1.04 bits per heavy atom. The normalized spacial score (nSPS) is 11.0. The minimum absolute atomic E-state index is 0.0564. The molecule has 142 valence electrons. The first-order valence-electron chi connectivity index (χ1n) is 8.21. The van der Waals surface area contributed by atoms with Crippen molar-refractivity contribution in [3.05, 3.63) is 58.6 Å². The van der Waals surface area contributed by atoms with Crippen LogP contribution in [0, 0.1) is 13.8 Å². The summed E-state index contributed by atoms with van der Waals surface area (Å²) in [6.45, 7) is 3.56. The van der Waals surface area contributed by atoms with E-state index < -0.39 is 5.91 Å². The number of amidine groups is 1. The molecule has 8 heteroatoms. The molecule has 0 radical (unpaired) electrons. The van der Waals surface area contributed by atoms with E-state index in [2.05, 4.69) is 15.8 Å². The smallest absolute Gasteiger partial charge is 0.265 e. The summed E-state index contributed by atoms with van der Waals surface area (Å²) < 4.78 is 0. The molecule has 2 aromatic rings. The SMILES string of the molecule is Cc1cccc(NC(=O)CON=C(N)CC(=O)Nc2ccccc2Cl)c1C. The lowest BCUT2D eigenvalue weighted by atomic mass is 10.1. The van der Waals surface area contributed by atoms with E-state index in [1.807, 2.05) is 26.0 Å². The predicted molar refractivity (Wildman–Crippen MR) is 107 cm³/mol. The second kappa shape index (κ2) is 9.59. The molecule has 0 saturated heterocycles. The lowest BCUT2D eigenvalue weighted by molar-refractivity contribution is -0.120. The zero-order valence-electron chi connectivity index (χ0n) is 15.1. The highest BCUT2D eigenvalue weighted by Crippen LogP contribution is 2.20. The van der Waals surface area contributed by atoms with E-state index in [9.17, 15) is 9.59 Å². The number of oxime groups is 1. The molecular formula is C19H21ClN4O3. The molecule has 0 fully saturated rings. The maximum Gasteiger partial charge on any atom is 0.265 e. The summed E-state index contributed by atoms with van der Waals surface area (Å²) in [4.78, 5) is 28.8. The topological polar surface area (TPSA) is 106 Å². The van der Waals surface area contributed by atoms with Gasteiger partial charge in [-0.25, -0.2) is 0 Å². The van der Waals surface area contributed by atoms with Crippen molar-refractivity contribution in [3.63, 3.8) is 0 Å². The van der Waals surface area contributed by atoms with Crippen LogP contribution in [0.3, 0.4) is 0 Å². The lowest BCUT2D eigenvalue weighted by Gasteiger charge is -2.10. The van der Waals surface area contributed by atoms with Crippen LogP contribution >= 0.6 is 11.6 Å². The zero-order chi connectivity index (χ0) is 19.8. The van der Waals surface area contributed by atoms with Gasteiger partial charge >= 0.3 is 0 Å². The summed E-state index contributed by atoms with van der Waals surface area (Å²) in [5.74, 6) is -0.826. The van der Waals surface area contributed by atoms with Gasteiger partial charge in [0.25, 0.3) is 5.91 Å². The monoisotopic (exact) mass is 388 g/mol. The fourth-order valence-electron chi connectivity index (χ4n) is 2.20. The molecule has 0 bridgehead atoms. The third-order valence-electron chi connectivity index (χ3n) is 3.75. The highest BCUT2D eigenvalue weighted by molar-refractivity contribution is 6.33. The first-order valence-corrected chi connectivity index (χ1v) is 8.59. The number of nitrogens with zero attached hydrogens (tertiary/aromatic N) is 1. The lowest BCUT2D eigenvalue weighted by Crippen LogP contribution is -2.23. The predicted octanol–water partition coefficient (Wildman–Crippen LogP) is 3.21. The van der Waals surface area contributed by atoms with E-state index in [1.165, 1.54) is 0 Å². The molecule has 0 atom stereocenters. The maximum atomic E-state index is 11.9. The van der Waals surface area contributed by atoms with Gasteiger partial charge in [0.1, 0.15) is 5.84 Å². The Kier molecular flexibility index (Phi) is 7.19. The van der Waals surface area contributed by atoms with Gasteiger partial charge in [0.05, 0.1) is 17.1 Å². The van der Waals surface area contributed by atoms with Crippen molar-refractivity contribution in [2.45, 2.75) is 20.3 Å². The highest BCUT2D eigenvalue weighted by atomic mass is 35.5. The van der Waals surface area contributed by atoms with Gasteiger partial charge in [0.2, 0.25) is 5.91 Å². The molecule has 0 aliphatic heterocycles. The Labute approximate surface area is 162 Å². The van der Waals surface area contributed by atoms with Crippen molar-refractivity contribution >= 4 is 40.6 Å². The second-order valence-electron chi connectivity index (χ2n) is 5.86. The minimum Gasteiger partial charge on any atom is -0.384 e. The van der Waals surface area contributed by atoms with Crippen LogP contribution in [0.15, 0.2) is 47.6 Å². The van der Waals surface area contributed by atoms with E-state index in [0.717, 1.165) is 11.1 Å². The number of anilines is 2. The fraction of sp³-hybridized carbons (Fsp3) is 0.211. The largest absolute Gasteiger partial charge is 0.384 e. The van der Waals surface area contributed by atoms with Crippen LogP contribution in [-0.4, -0.2) is 24.3 Å². The molecule has 0 heterocycles. The molecule has 0 saturated carbocycles. The number of amides is 2. The summed E-state index contributed by atoms with van der Waals surface area (Å²) in [5, 5.41) is 9.36. The third kappa shape index (κ3) is 6.31. The van der Waals surface area contributed by atoms with Crippen molar-refractivity contribution in [2.24, 2.45) is 10.9 Å². The number of carbonyl (C=O) groups is 2.